The van der Waals surface area contributed by atoms with Crippen LogP contribution in [0.25, 0.3) is 0 Å². The molecule has 4 heteroatoms. The molecule has 0 bridgehead atoms. The van der Waals surface area contributed by atoms with Crippen molar-refractivity contribution < 1.29 is 14.3 Å². The maximum Gasteiger partial charge on any atom is 0.337 e. The van der Waals surface area contributed by atoms with Gasteiger partial charge in [0.2, 0.25) is 5.91 Å². The fraction of sp³-hybridized carbons (Fsp3) is 0.500. The van der Waals surface area contributed by atoms with Crippen LogP contribution in [-0.2, 0) is 16.0 Å². The average Bonchev–Trinajstić information content (AvgIpc) is 2.79. The van der Waals surface area contributed by atoms with Gasteiger partial charge in [-0.05, 0) is 42.0 Å². The molecule has 0 fully saturated rings. The number of carbonyl (C=O) groups excluding carboxylic acids is 2. The van der Waals surface area contributed by atoms with Crippen molar-refractivity contribution in [1.29, 1.82) is 0 Å². The molecule has 1 N–H and O–H groups in total. The molecular weight excluding hydrogens is 254 g/mol. The minimum atomic E-state index is -0.319. The Morgan fingerprint density at radius 1 is 1.40 bits per heavy atom. The van der Waals surface area contributed by atoms with Crippen molar-refractivity contribution in [2.75, 3.05) is 7.11 Å². The van der Waals surface area contributed by atoms with Crippen molar-refractivity contribution in [3.05, 3.63) is 34.9 Å². The van der Waals surface area contributed by atoms with Gasteiger partial charge in [-0.1, -0.05) is 19.9 Å². The number of hydrogen-bond donors (Lipinski definition) is 1. The minimum Gasteiger partial charge on any atom is -0.465 e. The zero-order chi connectivity index (χ0) is 14.7. The zero-order valence-electron chi connectivity index (χ0n) is 12.2. The Morgan fingerprint density at radius 2 is 2.15 bits per heavy atom. The summed E-state index contributed by atoms with van der Waals surface area (Å²) in [6.45, 7) is 4.07. The third kappa shape index (κ3) is 3.18. The fourth-order valence-corrected chi connectivity index (χ4v) is 2.64. The lowest BCUT2D eigenvalue weighted by molar-refractivity contribution is -0.122. The molecule has 108 valence electrons. The van der Waals surface area contributed by atoms with Gasteiger partial charge < -0.3 is 10.1 Å². The van der Waals surface area contributed by atoms with E-state index in [0.29, 0.717) is 17.9 Å². The number of rotatable bonds is 4. The Labute approximate surface area is 119 Å². The van der Waals surface area contributed by atoms with E-state index in [2.05, 4.69) is 5.32 Å². The Balaban J connectivity index is 2.09. The number of methoxy groups -OCH3 is 1. The van der Waals surface area contributed by atoms with Gasteiger partial charge in [-0.15, -0.1) is 0 Å². The maximum absolute atomic E-state index is 11.9. The largest absolute Gasteiger partial charge is 0.465 e. The SMILES string of the molecule is COC(=O)c1ccc2c(c1)CCC2NC(=O)CC(C)C. The molecule has 0 radical (unpaired) electrons. The molecular formula is C16H21NO3. The van der Waals surface area contributed by atoms with E-state index >= 15 is 0 Å². The molecule has 1 aliphatic carbocycles. The van der Waals surface area contributed by atoms with Gasteiger partial charge in [0.1, 0.15) is 0 Å². The molecule has 4 nitrogen and oxygen atoms in total. The summed E-state index contributed by atoms with van der Waals surface area (Å²) in [5.41, 5.74) is 2.82. The van der Waals surface area contributed by atoms with Crippen molar-refractivity contribution in [3.63, 3.8) is 0 Å². The molecule has 1 aromatic rings. The van der Waals surface area contributed by atoms with Gasteiger partial charge in [-0.2, -0.15) is 0 Å². The smallest absolute Gasteiger partial charge is 0.337 e. The van der Waals surface area contributed by atoms with Crippen molar-refractivity contribution in [1.82, 2.24) is 5.32 Å². The number of esters is 1. The number of fused-ring (bicyclic) bond motifs is 1. The van der Waals surface area contributed by atoms with Crippen LogP contribution >= 0.6 is 0 Å². The van der Waals surface area contributed by atoms with E-state index in [1.807, 2.05) is 26.0 Å². The molecule has 20 heavy (non-hydrogen) atoms. The molecule has 0 spiro atoms. The molecule has 0 aliphatic heterocycles. The molecule has 1 aromatic carbocycles. The van der Waals surface area contributed by atoms with Gasteiger partial charge in [0.05, 0.1) is 18.7 Å². The van der Waals surface area contributed by atoms with Crippen LogP contribution in [0.2, 0.25) is 0 Å². The summed E-state index contributed by atoms with van der Waals surface area (Å²) in [6, 6.07) is 5.63. The monoisotopic (exact) mass is 275 g/mol. The highest BCUT2D eigenvalue weighted by Gasteiger charge is 2.25. The Bertz CT molecular complexity index is 522. The van der Waals surface area contributed by atoms with Crippen LogP contribution in [0.1, 0.15) is 54.2 Å². The fourth-order valence-electron chi connectivity index (χ4n) is 2.64. The predicted molar refractivity (Wildman–Crippen MR) is 76.4 cm³/mol. The number of hydrogen-bond acceptors (Lipinski definition) is 3. The maximum atomic E-state index is 11.9. The van der Waals surface area contributed by atoms with Crippen LogP contribution in [0.3, 0.4) is 0 Å². The van der Waals surface area contributed by atoms with E-state index < -0.39 is 0 Å². The summed E-state index contributed by atoms with van der Waals surface area (Å²) in [7, 11) is 1.38. The van der Waals surface area contributed by atoms with E-state index in [-0.39, 0.29) is 17.9 Å². The highest BCUT2D eigenvalue weighted by molar-refractivity contribution is 5.89. The summed E-state index contributed by atoms with van der Waals surface area (Å²) in [4.78, 5) is 23.4. The average molecular weight is 275 g/mol. The molecule has 1 amide bonds. The van der Waals surface area contributed by atoms with E-state index in [1.54, 1.807) is 6.07 Å². The normalized spacial score (nSPS) is 16.9. The molecule has 0 aromatic heterocycles. The molecule has 1 unspecified atom stereocenters. The van der Waals surface area contributed by atoms with Gasteiger partial charge in [0.15, 0.2) is 0 Å². The number of nitrogens with one attached hydrogen (secondary N) is 1. The van der Waals surface area contributed by atoms with E-state index in [9.17, 15) is 9.59 Å². The first-order valence-corrected chi connectivity index (χ1v) is 7.01. The number of ether oxygens (including phenoxy) is 1. The number of benzene rings is 1. The minimum absolute atomic E-state index is 0.0722. The van der Waals surface area contributed by atoms with Crippen LogP contribution in [0.15, 0.2) is 18.2 Å². The number of aryl methyl sites for hydroxylation is 1. The lowest BCUT2D eigenvalue weighted by Gasteiger charge is -2.15. The lowest BCUT2D eigenvalue weighted by Crippen LogP contribution is -2.28. The Morgan fingerprint density at radius 3 is 2.80 bits per heavy atom. The van der Waals surface area contributed by atoms with Crippen molar-refractivity contribution >= 4 is 11.9 Å². The van der Waals surface area contributed by atoms with Gasteiger partial charge >= 0.3 is 5.97 Å². The Kier molecular flexibility index (Phi) is 4.42. The third-order valence-electron chi connectivity index (χ3n) is 3.57. The summed E-state index contributed by atoms with van der Waals surface area (Å²) >= 11 is 0. The van der Waals surface area contributed by atoms with Crippen LogP contribution in [-0.4, -0.2) is 19.0 Å². The number of amides is 1. The molecule has 2 rings (SSSR count). The standard InChI is InChI=1S/C16H21NO3/c1-10(2)8-15(18)17-14-7-5-11-9-12(16(19)20-3)4-6-13(11)14/h4,6,9-10,14H,5,7-8H2,1-3H3,(H,17,18). The molecule has 1 aliphatic rings. The van der Waals surface area contributed by atoms with Gasteiger partial charge in [-0.3, -0.25) is 4.79 Å². The van der Waals surface area contributed by atoms with Gasteiger partial charge in [-0.25, -0.2) is 4.79 Å². The highest BCUT2D eigenvalue weighted by atomic mass is 16.5. The summed E-state index contributed by atoms with van der Waals surface area (Å²) < 4.78 is 4.72. The van der Waals surface area contributed by atoms with Crippen molar-refractivity contribution in [2.45, 2.75) is 39.2 Å². The Hall–Kier alpha value is -1.84. The highest BCUT2D eigenvalue weighted by Crippen LogP contribution is 2.32. The zero-order valence-corrected chi connectivity index (χ0v) is 12.2. The quantitative estimate of drug-likeness (QED) is 0.859. The third-order valence-corrected chi connectivity index (χ3v) is 3.57. The summed E-state index contributed by atoms with van der Waals surface area (Å²) in [5.74, 6) is 0.132. The van der Waals surface area contributed by atoms with Crippen LogP contribution in [0.5, 0.6) is 0 Å². The van der Waals surface area contributed by atoms with Gasteiger partial charge in [0.25, 0.3) is 0 Å². The van der Waals surface area contributed by atoms with E-state index in [1.165, 1.54) is 7.11 Å². The van der Waals surface area contributed by atoms with E-state index in [0.717, 1.165) is 24.0 Å². The first-order chi connectivity index (χ1) is 9.51. The van der Waals surface area contributed by atoms with Crippen molar-refractivity contribution in [2.24, 2.45) is 5.92 Å². The molecule has 1 atom stereocenters. The van der Waals surface area contributed by atoms with Crippen LogP contribution in [0.4, 0.5) is 0 Å². The topological polar surface area (TPSA) is 55.4 Å². The van der Waals surface area contributed by atoms with Crippen LogP contribution < -0.4 is 5.32 Å². The molecule has 0 saturated carbocycles. The summed E-state index contributed by atoms with van der Waals surface area (Å²) in [5, 5.41) is 3.07. The molecule has 0 saturated heterocycles. The van der Waals surface area contributed by atoms with Crippen LogP contribution in [0, 0.1) is 5.92 Å². The number of carbonyl (C=O) groups is 2. The second-order valence-electron chi connectivity index (χ2n) is 5.66. The van der Waals surface area contributed by atoms with E-state index in [4.69, 9.17) is 4.74 Å². The first-order valence-electron chi connectivity index (χ1n) is 7.01. The summed E-state index contributed by atoms with van der Waals surface area (Å²) in [6.07, 6.45) is 2.32. The lowest BCUT2D eigenvalue weighted by atomic mass is 10.0. The second kappa shape index (κ2) is 6.07. The van der Waals surface area contributed by atoms with Crippen molar-refractivity contribution in [3.8, 4) is 0 Å². The predicted octanol–water partition coefficient (Wildman–Crippen LogP) is 2.62. The van der Waals surface area contributed by atoms with Gasteiger partial charge in [0, 0.05) is 6.42 Å². The molecule has 0 heterocycles. The first kappa shape index (κ1) is 14.6. The second-order valence-corrected chi connectivity index (χ2v) is 5.66.